The fraction of sp³-hybridized carbons (Fsp3) is 0.793. The molecule has 0 aromatic heterocycles. The van der Waals surface area contributed by atoms with Crippen LogP contribution < -0.4 is 0 Å². The summed E-state index contributed by atoms with van der Waals surface area (Å²) in [6, 6.07) is 0. The summed E-state index contributed by atoms with van der Waals surface area (Å²) in [6.07, 6.45) is 11.7. The molecular weight excluding hydrogens is 380 g/mol. The Morgan fingerprint density at radius 2 is 1.35 bits per heavy atom. The quantitative estimate of drug-likeness (QED) is 0.334. The summed E-state index contributed by atoms with van der Waals surface area (Å²) >= 11 is 0. The first-order valence-electron chi connectivity index (χ1n) is 13.0. The molecule has 0 saturated heterocycles. The first-order chi connectivity index (χ1) is 14.5. The number of aliphatic hydroxyl groups is 1. The van der Waals surface area contributed by atoms with Crippen molar-refractivity contribution in [3.8, 4) is 0 Å². The molecule has 0 unspecified atom stereocenters. The molecule has 0 bridgehead atoms. The smallest absolute Gasteiger partial charge is 0.107 e. The molecule has 0 amide bonds. The van der Waals surface area contributed by atoms with Crippen LogP contribution in [0.15, 0.2) is 34.0 Å². The third-order valence-electron chi connectivity index (χ3n) is 8.29. The van der Waals surface area contributed by atoms with Gasteiger partial charge in [0.1, 0.15) is 17.3 Å². The van der Waals surface area contributed by atoms with Crippen molar-refractivity contribution in [2.75, 3.05) is 0 Å². The fourth-order valence-electron chi connectivity index (χ4n) is 5.68. The first kappa shape index (κ1) is 26.1. The topological polar surface area (TPSA) is 29.5 Å². The number of fused-ring (bicyclic) bond motifs is 1. The van der Waals surface area contributed by atoms with Crippen LogP contribution in [0.5, 0.6) is 0 Å². The van der Waals surface area contributed by atoms with Crippen LogP contribution in [-0.4, -0.2) is 5.11 Å². The largest absolute Gasteiger partial charge is 0.511 e. The Balaban J connectivity index is 1.81. The lowest BCUT2D eigenvalue weighted by Crippen LogP contribution is -2.24. The molecule has 2 heteroatoms. The van der Waals surface area contributed by atoms with Gasteiger partial charge in [0.05, 0.1) is 0 Å². The van der Waals surface area contributed by atoms with Crippen LogP contribution in [0.4, 0.5) is 0 Å². The van der Waals surface area contributed by atoms with Crippen molar-refractivity contribution < 1.29 is 9.84 Å². The monoisotopic (exact) mass is 430 g/mol. The SMILES string of the molecule is CC1=C(C)C2=C(O)[C@](C)(CCC[C@H](C)CCC[C@H](C)CCCC(C)C)[C@H](C)C2=C(C)O1. The number of rotatable bonds is 12. The van der Waals surface area contributed by atoms with E-state index in [0.717, 1.165) is 46.8 Å². The molecule has 4 atom stereocenters. The molecule has 0 aromatic rings. The standard InChI is InChI=1S/C29H50O2/c1-19(2)13-10-14-20(3)15-11-16-21(4)17-12-18-29(9)23(6)27-25(8)31-24(7)22(5)26(27)28(29)30/h19-21,23,30H,10-18H2,1-9H3/t20-,21-,23-,29-/m1/s1. The molecule has 0 saturated carbocycles. The van der Waals surface area contributed by atoms with Crippen molar-refractivity contribution in [1.29, 1.82) is 0 Å². The molecule has 0 spiro atoms. The minimum Gasteiger partial charge on any atom is -0.511 e. The second kappa shape index (κ2) is 11.1. The van der Waals surface area contributed by atoms with E-state index < -0.39 is 0 Å². The molecular formula is C29H50O2. The van der Waals surface area contributed by atoms with Crippen LogP contribution in [0, 0.1) is 29.1 Å². The van der Waals surface area contributed by atoms with E-state index in [9.17, 15) is 5.11 Å². The van der Waals surface area contributed by atoms with Crippen molar-refractivity contribution >= 4 is 0 Å². The van der Waals surface area contributed by atoms with Gasteiger partial charge in [-0.3, -0.25) is 0 Å². The van der Waals surface area contributed by atoms with Gasteiger partial charge in [-0.1, -0.05) is 92.9 Å². The Morgan fingerprint density at radius 1 is 0.839 bits per heavy atom. The van der Waals surface area contributed by atoms with Gasteiger partial charge in [0.15, 0.2) is 0 Å². The Morgan fingerprint density at radius 3 is 1.90 bits per heavy atom. The van der Waals surface area contributed by atoms with Crippen LogP contribution in [0.2, 0.25) is 0 Å². The third kappa shape index (κ3) is 6.20. The summed E-state index contributed by atoms with van der Waals surface area (Å²) in [7, 11) is 0. The van der Waals surface area contributed by atoms with E-state index in [4.69, 9.17) is 4.74 Å². The van der Waals surface area contributed by atoms with Crippen molar-refractivity contribution in [3.63, 3.8) is 0 Å². The highest BCUT2D eigenvalue weighted by Crippen LogP contribution is 2.56. The number of ether oxygens (including phenoxy) is 1. The molecule has 0 aromatic carbocycles. The average molecular weight is 431 g/mol. The zero-order chi connectivity index (χ0) is 23.3. The van der Waals surface area contributed by atoms with Crippen LogP contribution in [-0.2, 0) is 4.74 Å². The van der Waals surface area contributed by atoms with Gasteiger partial charge in [-0.05, 0) is 56.4 Å². The predicted molar refractivity (Wildman–Crippen MR) is 134 cm³/mol. The summed E-state index contributed by atoms with van der Waals surface area (Å²) in [5.41, 5.74) is 3.22. The molecule has 178 valence electrons. The van der Waals surface area contributed by atoms with Crippen LogP contribution >= 0.6 is 0 Å². The fourth-order valence-corrected chi connectivity index (χ4v) is 5.68. The minimum absolute atomic E-state index is 0.175. The lowest BCUT2D eigenvalue weighted by Gasteiger charge is -2.31. The van der Waals surface area contributed by atoms with Crippen molar-refractivity contribution in [3.05, 3.63) is 34.0 Å². The molecule has 0 fully saturated rings. The Hall–Kier alpha value is -1.18. The highest BCUT2D eigenvalue weighted by Gasteiger charge is 2.48. The Kier molecular flexibility index (Phi) is 9.34. The number of allylic oxidation sites excluding steroid dienone is 6. The van der Waals surface area contributed by atoms with Gasteiger partial charge in [-0.25, -0.2) is 0 Å². The predicted octanol–water partition coefficient (Wildman–Crippen LogP) is 9.49. The van der Waals surface area contributed by atoms with E-state index in [-0.39, 0.29) is 5.41 Å². The zero-order valence-corrected chi connectivity index (χ0v) is 22.0. The van der Waals surface area contributed by atoms with Gasteiger partial charge in [0.25, 0.3) is 0 Å². The molecule has 1 N–H and O–H groups in total. The van der Waals surface area contributed by atoms with Crippen LogP contribution in [0.3, 0.4) is 0 Å². The maximum Gasteiger partial charge on any atom is 0.107 e. The van der Waals surface area contributed by atoms with Gasteiger partial charge in [0, 0.05) is 16.6 Å². The van der Waals surface area contributed by atoms with Crippen LogP contribution in [0.1, 0.15) is 120 Å². The Bertz CT molecular complexity index is 708. The molecule has 2 nitrogen and oxygen atoms in total. The van der Waals surface area contributed by atoms with Crippen molar-refractivity contribution in [2.45, 2.75) is 120 Å². The number of aliphatic hydroxyl groups excluding tert-OH is 1. The zero-order valence-electron chi connectivity index (χ0n) is 22.0. The maximum absolute atomic E-state index is 11.2. The summed E-state index contributed by atoms with van der Waals surface area (Å²) in [5.74, 6) is 5.27. The summed E-state index contributed by atoms with van der Waals surface area (Å²) in [4.78, 5) is 0. The first-order valence-corrected chi connectivity index (χ1v) is 13.0. The molecule has 2 aliphatic rings. The molecule has 1 aliphatic heterocycles. The lowest BCUT2D eigenvalue weighted by molar-refractivity contribution is 0.179. The molecule has 0 radical (unpaired) electrons. The second-order valence-electron chi connectivity index (χ2n) is 11.5. The van der Waals surface area contributed by atoms with Crippen molar-refractivity contribution in [1.82, 2.24) is 0 Å². The molecule has 2 rings (SSSR count). The average Bonchev–Trinajstić information content (AvgIpc) is 2.88. The van der Waals surface area contributed by atoms with E-state index in [2.05, 4.69) is 48.5 Å². The van der Waals surface area contributed by atoms with Gasteiger partial charge < -0.3 is 9.84 Å². The molecule has 1 aliphatic carbocycles. The molecule has 1 heterocycles. The van der Waals surface area contributed by atoms with Gasteiger partial charge in [-0.2, -0.15) is 0 Å². The van der Waals surface area contributed by atoms with E-state index in [1.54, 1.807) is 0 Å². The highest BCUT2D eigenvalue weighted by molar-refractivity contribution is 5.58. The lowest BCUT2D eigenvalue weighted by atomic mass is 9.74. The summed E-state index contributed by atoms with van der Waals surface area (Å²) in [5, 5.41) is 11.2. The van der Waals surface area contributed by atoms with E-state index >= 15 is 0 Å². The summed E-state index contributed by atoms with van der Waals surface area (Å²) in [6.45, 7) is 20.2. The minimum atomic E-state index is -0.175. The number of hydrogen-bond donors (Lipinski definition) is 1. The van der Waals surface area contributed by atoms with E-state index in [1.165, 1.54) is 56.9 Å². The highest BCUT2D eigenvalue weighted by atomic mass is 16.5. The summed E-state index contributed by atoms with van der Waals surface area (Å²) < 4.78 is 5.98. The van der Waals surface area contributed by atoms with E-state index in [1.807, 2.05) is 13.8 Å². The second-order valence-corrected chi connectivity index (χ2v) is 11.5. The normalized spacial score (nSPS) is 25.9. The maximum atomic E-state index is 11.2. The van der Waals surface area contributed by atoms with Crippen LogP contribution in [0.25, 0.3) is 0 Å². The molecule has 31 heavy (non-hydrogen) atoms. The number of hydrogen-bond acceptors (Lipinski definition) is 2. The van der Waals surface area contributed by atoms with Crippen molar-refractivity contribution in [2.24, 2.45) is 29.1 Å². The Labute approximate surface area is 193 Å². The van der Waals surface area contributed by atoms with E-state index in [0.29, 0.717) is 11.7 Å². The van der Waals surface area contributed by atoms with Gasteiger partial charge in [0.2, 0.25) is 0 Å². The van der Waals surface area contributed by atoms with Gasteiger partial charge in [-0.15, -0.1) is 0 Å². The van der Waals surface area contributed by atoms with Gasteiger partial charge >= 0.3 is 0 Å². The third-order valence-corrected chi connectivity index (χ3v) is 8.29.